The fraction of sp³-hybridized carbons (Fsp3) is 0.200. The summed E-state index contributed by atoms with van der Waals surface area (Å²) < 4.78 is 13.4. The fourth-order valence-corrected chi connectivity index (χ4v) is 2.16. The number of non-ortho nitro benzene ring substituents is 1. The normalized spacial score (nSPS) is 11.9. The van der Waals surface area contributed by atoms with Crippen molar-refractivity contribution in [2.24, 2.45) is 0 Å². The van der Waals surface area contributed by atoms with Crippen LogP contribution >= 0.6 is 0 Å². The second-order valence-electron chi connectivity index (χ2n) is 4.68. The molecular weight excluding hydrogens is 259 g/mol. The topological polar surface area (TPSA) is 55.2 Å². The molecule has 0 fully saturated rings. The summed E-state index contributed by atoms with van der Waals surface area (Å²) in [6, 6.07) is 11.2. The van der Waals surface area contributed by atoms with E-state index in [0.29, 0.717) is 5.69 Å². The molecule has 4 nitrogen and oxygen atoms in total. The van der Waals surface area contributed by atoms with Gasteiger partial charge in [0.25, 0.3) is 5.69 Å². The quantitative estimate of drug-likeness (QED) is 0.671. The zero-order chi connectivity index (χ0) is 14.7. The number of anilines is 1. The number of benzene rings is 2. The minimum absolute atomic E-state index is 0.0717. The van der Waals surface area contributed by atoms with Gasteiger partial charge in [0.05, 0.1) is 11.0 Å². The van der Waals surface area contributed by atoms with E-state index in [-0.39, 0.29) is 11.7 Å². The largest absolute Gasteiger partial charge is 0.378 e. The van der Waals surface area contributed by atoms with Gasteiger partial charge in [-0.1, -0.05) is 24.3 Å². The molecule has 0 aromatic heterocycles. The summed E-state index contributed by atoms with van der Waals surface area (Å²) in [5.41, 5.74) is 2.31. The van der Waals surface area contributed by atoms with Crippen molar-refractivity contribution in [1.82, 2.24) is 0 Å². The van der Waals surface area contributed by atoms with Crippen LogP contribution in [0.1, 0.15) is 24.1 Å². The third-order valence-electron chi connectivity index (χ3n) is 3.13. The molecule has 20 heavy (non-hydrogen) atoms. The molecular formula is C15H15FN2O2. The number of hydrogen-bond donors (Lipinski definition) is 1. The molecule has 0 aliphatic rings. The zero-order valence-electron chi connectivity index (χ0n) is 11.3. The van der Waals surface area contributed by atoms with E-state index in [0.717, 1.165) is 17.2 Å². The Hall–Kier alpha value is -2.43. The lowest BCUT2D eigenvalue weighted by atomic mass is 10.0. The van der Waals surface area contributed by atoms with Gasteiger partial charge in [-0.15, -0.1) is 0 Å². The number of hydrogen-bond acceptors (Lipinski definition) is 3. The molecule has 2 rings (SSSR count). The van der Waals surface area contributed by atoms with Gasteiger partial charge in [-0.05, 0) is 31.0 Å². The molecule has 1 atom stereocenters. The maximum atomic E-state index is 13.4. The van der Waals surface area contributed by atoms with Crippen LogP contribution in [-0.2, 0) is 0 Å². The summed E-state index contributed by atoms with van der Waals surface area (Å²) >= 11 is 0. The Balaban J connectivity index is 2.26. The number of rotatable bonds is 4. The lowest BCUT2D eigenvalue weighted by Gasteiger charge is -2.17. The average molecular weight is 274 g/mol. The van der Waals surface area contributed by atoms with Crippen LogP contribution in [-0.4, -0.2) is 4.92 Å². The minimum atomic E-state index is -0.626. The van der Waals surface area contributed by atoms with Crippen molar-refractivity contribution in [3.05, 3.63) is 69.5 Å². The molecule has 104 valence electrons. The van der Waals surface area contributed by atoms with E-state index < -0.39 is 10.7 Å². The third-order valence-corrected chi connectivity index (χ3v) is 3.13. The highest BCUT2D eigenvalue weighted by molar-refractivity contribution is 5.53. The summed E-state index contributed by atoms with van der Waals surface area (Å²) in [4.78, 5) is 10.1. The first-order valence-corrected chi connectivity index (χ1v) is 6.24. The summed E-state index contributed by atoms with van der Waals surface area (Å²) in [5, 5.41) is 13.8. The third kappa shape index (κ3) is 3.12. The van der Waals surface area contributed by atoms with Crippen LogP contribution in [0.2, 0.25) is 0 Å². The second kappa shape index (κ2) is 5.69. The van der Waals surface area contributed by atoms with Crippen molar-refractivity contribution in [1.29, 1.82) is 0 Å². The van der Waals surface area contributed by atoms with Crippen molar-refractivity contribution >= 4 is 11.4 Å². The molecule has 0 bridgehead atoms. The monoisotopic (exact) mass is 274 g/mol. The van der Waals surface area contributed by atoms with Gasteiger partial charge < -0.3 is 5.32 Å². The van der Waals surface area contributed by atoms with E-state index in [4.69, 9.17) is 0 Å². The minimum Gasteiger partial charge on any atom is -0.378 e. The molecule has 0 amide bonds. The number of nitro benzene ring substituents is 1. The van der Waals surface area contributed by atoms with Gasteiger partial charge in [0.2, 0.25) is 0 Å². The Bertz CT molecular complexity index is 644. The Labute approximate surface area is 116 Å². The number of aryl methyl sites for hydroxylation is 1. The smallest absolute Gasteiger partial charge is 0.274 e. The van der Waals surface area contributed by atoms with Gasteiger partial charge in [0.1, 0.15) is 5.82 Å². The molecule has 0 heterocycles. The highest BCUT2D eigenvalue weighted by atomic mass is 19.1. The molecule has 2 aromatic carbocycles. The Morgan fingerprint density at radius 1 is 1.25 bits per heavy atom. The van der Waals surface area contributed by atoms with Crippen molar-refractivity contribution in [2.45, 2.75) is 19.9 Å². The predicted molar refractivity (Wildman–Crippen MR) is 76.3 cm³/mol. The van der Waals surface area contributed by atoms with E-state index in [2.05, 4.69) is 5.32 Å². The highest BCUT2D eigenvalue weighted by Crippen LogP contribution is 2.25. The summed E-state index contributed by atoms with van der Waals surface area (Å²) in [7, 11) is 0. The molecule has 0 saturated heterocycles. The van der Waals surface area contributed by atoms with Gasteiger partial charge in [-0.3, -0.25) is 10.1 Å². The lowest BCUT2D eigenvalue weighted by molar-refractivity contribution is -0.385. The van der Waals surface area contributed by atoms with E-state index in [9.17, 15) is 14.5 Å². The van der Waals surface area contributed by atoms with Crippen LogP contribution in [0.15, 0.2) is 42.5 Å². The van der Waals surface area contributed by atoms with Crippen LogP contribution in [0.5, 0.6) is 0 Å². The molecule has 0 saturated carbocycles. The lowest BCUT2D eigenvalue weighted by Crippen LogP contribution is -2.08. The van der Waals surface area contributed by atoms with E-state index >= 15 is 0 Å². The SMILES string of the molecule is Cc1ccccc1C(C)Nc1cc(F)cc([N+](=O)[O-])c1. The van der Waals surface area contributed by atoms with Gasteiger partial charge >= 0.3 is 0 Å². The van der Waals surface area contributed by atoms with Gasteiger partial charge in [-0.25, -0.2) is 4.39 Å². The molecule has 1 unspecified atom stereocenters. The standard InChI is InChI=1S/C15H15FN2O2/c1-10-5-3-4-6-15(10)11(2)17-13-7-12(16)8-14(9-13)18(19)20/h3-9,11,17H,1-2H3. The number of nitro groups is 1. The highest BCUT2D eigenvalue weighted by Gasteiger charge is 2.13. The van der Waals surface area contributed by atoms with Crippen LogP contribution in [0.25, 0.3) is 0 Å². The van der Waals surface area contributed by atoms with E-state index in [1.165, 1.54) is 12.1 Å². The first-order valence-electron chi connectivity index (χ1n) is 6.24. The fourth-order valence-electron chi connectivity index (χ4n) is 2.16. The van der Waals surface area contributed by atoms with Gasteiger partial charge in [0, 0.05) is 17.8 Å². The number of nitrogens with zero attached hydrogens (tertiary/aromatic N) is 1. The van der Waals surface area contributed by atoms with Gasteiger partial charge in [0.15, 0.2) is 0 Å². The Morgan fingerprint density at radius 3 is 2.60 bits per heavy atom. The maximum absolute atomic E-state index is 13.4. The molecule has 2 aromatic rings. The van der Waals surface area contributed by atoms with Crippen molar-refractivity contribution < 1.29 is 9.31 Å². The summed E-state index contributed by atoms with van der Waals surface area (Å²) in [6.07, 6.45) is 0. The summed E-state index contributed by atoms with van der Waals surface area (Å²) in [5.74, 6) is -0.626. The summed E-state index contributed by atoms with van der Waals surface area (Å²) in [6.45, 7) is 3.92. The van der Waals surface area contributed by atoms with Crippen LogP contribution in [0, 0.1) is 22.9 Å². The van der Waals surface area contributed by atoms with E-state index in [1.54, 1.807) is 0 Å². The van der Waals surface area contributed by atoms with Gasteiger partial charge in [-0.2, -0.15) is 0 Å². The predicted octanol–water partition coefficient (Wildman–Crippen LogP) is 4.22. The molecule has 0 aliphatic heterocycles. The Morgan fingerprint density at radius 2 is 1.95 bits per heavy atom. The average Bonchev–Trinajstić information content (AvgIpc) is 2.38. The van der Waals surface area contributed by atoms with Crippen LogP contribution in [0.3, 0.4) is 0 Å². The van der Waals surface area contributed by atoms with Crippen LogP contribution < -0.4 is 5.32 Å². The van der Waals surface area contributed by atoms with Crippen molar-refractivity contribution in [3.8, 4) is 0 Å². The Kier molecular flexibility index (Phi) is 3.98. The van der Waals surface area contributed by atoms with Crippen molar-refractivity contribution in [3.63, 3.8) is 0 Å². The number of nitrogens with one attached hydrogen (secondary N) is 1. The molecule has 0 spiro atoms. The van der Waals surface area contributed by atoms with Crippen molar-refractivity contribution in [2.75, 3.05) is 5.32 Å². The molecule has 0 radical (unpaired) electrons. The second-order valence-corrected chi connectivity index (χ2v) is 4.68. The maximum Gasteiger partial charge on any atom is 0.274 e. The molecule has 5 heteroatoms. The van der Waals surface area contributed by atoms with E-state index in [1.807, 2.05) is 38.1 Å². The first kappa shape index (κ1) is 14.0. The zero-order valence-corrected chi connectivity index (χ0v) is 11.3. The van der Waals surface area contributed by atoms with Crippen LogP contribution in [0.4, 0.5) is 15.8 Å². The molecule has 1 N–H and O–H groups in total. The first-order chi connectivity index (χ1) is 9.47. The molecule has 0 aliphatic carbocycles. The number of halogens is 1.